The predicted octanol–water partition coefficient (Wildman–Crippen LogP) is 6.67. The number of ether oxygens (including phenoxy) is 2. The Balaban J connectivity index is 0.00000300. The van der Waals surface area contributed by atoms with Crippen LogP contribution >= 0.6 is 24.8 Å². The quantitative estimate of drug-likeness (QED) is 0.0841. The number of likely N-dealkylation sites (tertiary alicyclic amines) is 1. The maximum atomic E-state index is 14.2. The van der Waals surface area contributed by atoms with Crippen molar-refractivity contribution >= 4 is 42.4 Å². The molecular weight excluding hydrogens is 695 g/mol. The molecule has 2 aliphatic rings. The van der Waals surface area contributed by atoms with Gasteiger partial charge in [-0.3, -0.25) is 15.0 Å². The summed E-state index contributed by atoms with van der Waals surface area (Å²) in [7, 11) is 0. The molecular formula is C38H48Cl2N4O7. The number of non-ortho nitro benzene ring substituents is 1. The first-order chi connectivity index (χ1) is 23.3. The van der Waals surface area contributed by atoms with Gasteiger partial charge in [-0.1, -0.05) is 99.0 Å². The number of hydrogen-bond donors (Lipinski definition) is 2. The van der Waals surface area contributed by atoms with Crippen LogP contribution in [0.1, 0.15) is 81.0 Å². The summed E-state index contributed by atoms with van der Waals surface area (Å²) >= 11 is 0. The molecule has 11 nitrogen and oxygen atoms in total. The smallest absolute Gasteiger partial charge is 0.338 e. The number of unbranched alkanes of at least 4 members (excludes halogenated alkanes) is 3. The summed E-state index contributed by atoms with van der Waals surface area (Å²) in [4.78, 5) is 41.3. The van der Waals surface area contributed by atoms with Crippen molar-refractivity contribution in [3.05, 3.63) is 134 Å². The molecule has 0 radical (unpaired) electrons. The van der Waals surface area contributed by atoms with Gasteiger partial charge in [-0.25, -0.2) is 9.59 Å². The monoisotopic (exact) mass is 742 g/mol. The molecule has 5 N–H and O–H groups in total. The zero-order valence-corrected chi connectivity index (χ0v) is 30.5. The number of nitro benzene ring substituents is 1. The van der Waals surface area contributed by atoms with Gasteiger partial charge in [-0.2, -0.15) is 0 Å². The molecule has 0 aromatic heterocycles. The maximum Gasteiger partial charge on any atom is 0.338 e. The zero-order chi connectivity index (χ0) is 34.0. The molecule has 276 valence electrons. The zero-order valence-electron chi connectivity index (χ0n) is 28.9. The van der Waals surface area contributed by atoms with Gasteiger partial charge in [0.1, 0.15) is 11.9 Å². The second-order valence-corrected chi connectivity index (χ2v) is 12.4. The summed E-state index contributed by atoms with van der Waals surface area (Å²) in [5.41, 5.74) is 9.58. The average molecular weight is 744 g/mol. The van der Waals surface area contributed by atoms with Gasteiger partial charge in [0, 0.05) is 24.4 Å². The molecule has 13 heteroatoms. The molecule has 2 atom stereocenters. The van der Waals surface area contributed by atoms with Crippen LogP contribution in [0.5, 0.6) is 0 Å². The number of hydrogen-bond acceptors (Lipinski definition) is 9. The number of nitro groups is 1. The molecule has 3 aromatic rings. The highest BCUT2D eigenvalue weighted by Gasteiger charge is 2.40. The molecule has 1 saturated heterocycles. The average Bonchev–Trinajstić information content (AvgIpc) is 3.09. The molecule has 0 saturated carbocycles. The number of nitrogens with two attached hydrogens (primary N) is 1. The van der Waals surface area contributed by atoms with E-state index in [9.17, 15) is 19.7 Å². The lowest BCUT2D eigenvalue weighted by Gasteiger charge is -2.39. The SMILES string of the molecule is CCCCCCOC(=O)C1=C(C)NC(N)=C(C(=O)OC2CCCN(C(c3ccccc3)c3ccccc3)C2)C1c1cccc([N+](=O)[O-])c1.Cl.Cl.O. The van der Waals surface area contributed by atoms with Crippen molar-refractivity contribution in [1.82, 2.24) is 10.2 Å². The van der Waals surface area contributed by atoms with Crippen molar-refractivity contribution in [1.29, 1.82) is 0 Å². The molecule has 2 aliphatic heterocycles. The van der Waals surface area contributed by atoms with Crippen molar-refractivity contribution in [2.75, 3.05) is 19.7 Å². The van der Waals surface area contributed by atoms with Gasteiger partial charge in [-0.15, -0.1) is 24.8 Å². The number of halogens is 2. The van der Waals surface area contributed by atoms with E-state index in [1.807, 2.05) is 36.4 Å². The van der Waals surface area contributed by atoms with E-state index in [2.05, 4.69) is 41.4 Å². The Bertz CT molecular complexity index is 1630. The number of esters is 2. The van der Waals surface area contributed by atoms with Crippen LogP contribution < -0.4 is 11.1 Å². The van der Waals surface area contributed by atoms with E-state index in [1.165, 1.54) is 18.2 Å². The number of dihydropyridines is 1. The minimum atomic E-state index is -1.03. The molecule has 2 unspecified atom stereocenters. The van der Waals surface area contributed by atoms with Crippen LogP contribution in [0.2, 0.25) is 0 Å². The Morgan fingerprint density at radius 2 is 1.59 bits per heavy atom. The number of carbonyl (C=O) groups is 2. The van der Waals surface area contributed by atoms with Crippen molar-refractivity contribution in [2.45, 2.75) is 70.4 Å². The summed E-state index contributed by atoms with van der Waals surface area (Å²) in [6.45, 7) is 5.31. The van der Waals surface area contributed by atoms with Gasteiger partial charge in [-0.05, 0) is 49.4 Å². The van der Waals surface area contributed by atoms with Crippen molar-refractivity contribution in [3.63, 3.8) is 0 Å². The van der Waals surface area contributed by atoms with Gasteiger partial charge in [0.15, 0.2) is 0 Å². The largest absolute Gasteiger partial charge is 0.462 e. The van der Waals surface area contributed by atoms with E-state index in [-0.39, 0.29) is 65.6 Å². The number of piperidine rings is 1. The highest BCUT2D eigenvalue weighted by Crippen LogP contribution is 2.40. The summed E-state index contributed by atoms with van der Waals surface area (Å²) in [5.74, 6) is -2.28. The van der Waals surface area contributed by atoms with E-state index < -0.39 is 28.9 Å². The van der Waals surface area contributed by atoms with Crippen LogP contribution in [0.15, 0.2) is 108 Å². The number of carbonyl (C=O) groups excluding carboxylic acids is 2. The molecule has 2 heterocycles. The lowest BCUT2D eigenvalue weighted by atomic mass is 9.81. The van der Waals surface area contributed by atoms with Crippen LogP contribution in [-0.2, 0) is 19.1 Å². The topological polar surface area (TPSA) is 169 Å². The third-order valence-corrected chi connectivity index (χ3v) is 8.96. The molecule has 3 aromatic carbocycles. The third kappa shape index (κ3) is 10.6. The first-order valence-corrected chi connectivity index (χ1v) is 16.7. The summed E-state index contributed by atoms with van der Waals surface area (Å²) < 4.78 is 11.9. The fourth-order valence-electron chi connectivity index (χ4n) is 6.67. The molecule has 5 rings (SSSR count). The van der Waals surface area contributed by atoms with E-state index in [1.54, 1.807) is 13.0 Å². The first-order valence-electron chi connectivity index (χ1n) is 16.7. The normalized spacial score (nSPS) is 17.3. The van der Waals surface area contributed by atoms with Crippen LogP contribution in [0.25, 0.3) is 0 Å². The van der Waals surface area contributed by atoms with Crippen molar-refractivity contribution in [3.8, 4) is 0 Å². The van der Waals surface area contributed by atoms with Crippen LogP contribution in [0.4, 0.5) is 5.69 Å². The Labute approximate surface area is 311 Å². The fraction of sp³-hybridized carbons (Fsp3) is 0.368. The van der Waals surface area contributed by atoms with Gasteiger partial charge in [0.2, 0.25) is 0 Å². The summed E-state index contributed by atoms with van der Waals surface area (Å²) in [5, 5.41) is 14.7. The van der Waals surface area contributed by atoms with Crippen molar-refractivity contribution < 1.29 is 29.5 Å². The molecule has 0 amide bonds. The molecule has 0 spiro atoms. The van der Waals surface area contributed by atoms with Crippen LogP contribution in [0, 0.1) is 10.1 Å². The van der Waals surface area contributed by atoms with Gasteiger partial charge in [0.05, 0.1) is 34.6 Å². The van der Waals surface area contributed by atoms with Crippen LogP contribution in [0.3, 0.4) is 0 Å². The summed E-state index contributed by atoms with van der Waals surface area (Å²) in [6, 6.07) is 26.4. The van der Waals surface area contributed by atoms with Crippen molar-refractivity contribution in [2.24, 2.45) is 5.73 Å². The van der Waals surface area contributed by atoms with E-state index in [0.717, 1.165) is 43.4 Å². The van der Waals surface area contributed by atoms with Crippen LogP contribution in [-0.4, -0.2) is 53.0 Å². The maximum absolute atomic E-state index is 14.2. The van der Waals surface area contributed by atoms with E-state index >= 15 is 0 Å². The number of nitrogens with one attached hydrogen (secondary N) is 1. The molecule has 0 bridgehead atoms. The highest BCUT2D eigenvalue weighted by molar-refractivity contribution is 6.00. The predicted molar refractivity (Wildman–Crippen MR) is 202 cm³/mol. The van der Waals surface area contributed by atoms with Gasteiger partial charge >= 0.3 is 11.9 Å². The number of rotatable bonds is 13. The Kier molecular flexibility index (Phi) is 17.1. The second-order valence-electron chi connectivity index (χ2n) is 12.4. The number of allylic oxidation sites excluding steroid dienone is 1. The Hall–Kier alpha value is -4.42. The first kappa shape index (κ1) is 42.7. The lowest BCUT2D eigenvalue weighted by molar-refractivity contribution is -0.384. The minimum Gasteiger partial charge on any atom is -0.462 e. The van der Waals surface area contributed by atoms with Gasteiger partial charge < -0.3 is 26.0 Å². The van der Waals surface area contributed by atoms with E-state index in [4.69, 9.17) is 15.2 Å². The number of benzene rings is 3. The fourth-order valence-corrected chi connectivity index (χ4v) is 6.67. The van der Waals surface area contributed by atoms with E-state index in [0.29, 0.717) is 30.6 Å². The third-order valence-electron chi connectivity index (χ3n) is 8.96. The summed E-state index contributed by atoms with van der Waals surface area (Å²) in [6.07, 6.45) is 4.72. The molecule has 51 heavy (non-hydrogen) atoms. The lowest BCUT2D eigenvalue weighted by Crippen LogP contribution is -2.44. The number of nitrogens with zero attached hydrogens (tertiary/aromatic N) is 2. The standard InChI is InChI=1S/C38H44N4O6.2ClH.H2O/c1-3-4-5-12-23-47-37(43)32-26(2)40-36(39)34(33(32)29-19-13-20-30(24-29)42(45)46)38(44)48-31-21-14-22-41(25-31)35(27-15-8-6-9-16-27)28-17-10-7-11-18-28;;;/h6-11,13,15-20,24,31,33,35,40H,3-5,12,14,21-23,25,39H2,1-2H3;2*1H;1H2. The molecule has 0 aliphatic carbocycles. The minimum absolute atomic E-state index is 0. The molecule has 1 fully saturated rings. The van der Waals surface area contributed by atoms with Gasteiger partial charge in [0.25, 0.3) is 5.69 Å². The second kappa shape index (κ2) is 20.4. The Morgan fingerprint density at radius 3 is 2.20 bits per heavy atom. The highest BCUT2D eigenvalue weighted by atomic mass is 35.5. The Morgan fingerprint density at radius 1 is 0.941 bits per heavy atom.